The minimum atomic E-state index is -0.898. The lowest BCUT2D eigenvalue weighted by Gasteiger charge is -2.34. The van der Waals surface area contributed by atoms with Crippen molar-refractivity contribution in [2.75, 3.05) is 13.1 Å². The second kappa shape index (κ2) is 5.35. The SMILES string of the molecule is O=C(c1ccc2c(c1)ncn2-c1cccc(Cl)c1)N1CC(F)C1. The number of fused-ring (bicyclic) bond motifs is 1. The zero-order valence-corrected chi connectivity index (χ0v) is 12.9. The summed E-state index contributed by atoms with van der Waals surface area (Å²) in [6, 6.07) is 12.8. The molecule has 0 aliphatic carbocycles. The van der Waals surface area contributed by atoms with Gasteiger partial charge < -0.3 is 4.90 Å². The van der Waals surface area contributed by atoms with Gasteiger partial charge in [-0.3, -0.25) is 9.36 Å². The van der Waals surface area contributed by atoms with E-state index < -0.39 is 6.17 Å². The first kappa shape index (κ1) is 14.2. The van der Waals surface area contributed by atoms with Crippen molar-refractivity contribution in [1.82, 2.24) is 14.5 Å². The molecular formula is C17H13ClFN3O. The smallest absolute Gasteiger partial charge is 0.254 e. The predicted octanol–water partition coefficient (Wildman–Crippen LogP) is 3.47. The quantitative estimate of drug-likeness (QED) is 0.722. The zero-order chi connectivity index (χ0) is 16.0. The summed E-state index contributed by atoms with van der Waals surface area (Å²) in [5.41, 5.74) is 3.03. The van der Waals surface area contributed by atoms with E-state index in [9.17, 15) is 9.18 Å². The van der Waals surface area contributed by atoms with Crippen LogP contribution in [0.2, 0.25) is 5.02 Å². The van der Waals surface area contributed by atoms with Gasteiger partial charge in [0.25, 0.3) is 5.91 Å². The molecule has 0 spiro atoms. The van der Waals surface area contributed by atoms with Crippen molar-refractivity contribution in [1.29, 1.82) is 0 Å². The topological polar surface area (TPSA) is 38.1 Å². The molecule has 0 saturated carbocycles. The molecule has 4 rings (SSSR count). The molecule has 1 aromatic heterocycles. The van der Waals surface area contributed by atoms with Gasteiger partial charge in [-0.15, -0.1) is 0 Å². The van der Waals surface area contributed by atoms with Gasteiger partial charge in [0.15, 0.2) is 0 Å². The molecular weight excluding hydrogens is 317 g/mol. The number of imidazole rings is 1. The van der Waals surface area contributed by atoms with Gasteiger partial charge in [0.2, 0.25) is 0 Å². The van der Waals surface area contributed by atoms with Crippen molar-refractivity contribution in [3.8, 4) is 5.69 Å². The zero-order valence-electron chi connectivity index (χ0n) is 12.1. The van der Waals surface area contributed by atoms with Crippen molar-refractivity contribution in [3.05, 3.63) is 59.4 Å². The van der Waals surface area contributed by atoms with Crippen LogP contribution < -0.4 is 0 Å². The molecule has 1 aliphatic rings. The third kappa shape index (κ3) is 2.47. The summed E-state index contributed by atoms with van der Waals surface area (Å²) in [7, 11) is 0. The summed E-state index contributed by atoms with van der Waals surface area (Å²) < 4.78 is 14.8. The van der Waals surface area contributed by atoms with Crippen molar-refractivity contribution in [2.45, 2.75) is 6.17 Å². The average Bonchev–Trinajstić information content (AvgIpc) is 2.94. The van der Waals surface area contributed by atoms with Crippen LogP contribution in [-0.2, 0) is 0 Å². The van der Waals surface area contributed by atoms with Crippen LogP contribution in [0.15, 0.2) is 48.8 Å². The van der Waals surface area contributed by atoms with Gasteiger partial charge in [0.05, 0.1) is 24.1 Å². The highest BCUT2D eigenvalue weighted by Gasteiger charge is 2.31. The third-order valence-electron chi connectivity index (χ3n) is 4.00. The number of amides is 1. The monoisotopic (exact) mass is 329 g/mol. The Balaban J connectivity index is 1.70. The van der Waals surface area contributed by atoms with E-state index in [4.69, 9.17) is 11.6 Å². The van der Waals surface area contributed by atoms with Crippen molar-refractivity contribution in [2.24, 2.45) is 0 Å². The highest BCUT2D eigenvalue weighted by Crippen LogP contribution is 2.23. The Kier molecular flexibility index (Phi) is 3.31. The highest BCUT2D eigenvalue weighted by atomic mass is 35.5. The molecule has 0 bridgehead atoms. The Labute approximate surface area is 137 Å². The molecule has 0 radical (unpaired) electrons. The number of carbonyl (C=O) groups is 1. The van der Waals surface area contributed by atoms with E-state index in [-0.39, 0.29) is 19.0 Å². The summed E-state index contributed by atoms with van der Waals surface area (Å²) in [4.78, 5) is 18.1. The molecule has 1 amide bonds. The lowest BCUT2D eigenvalue weighted by atomic mass is 10.1. The van der Waals surface area contributed by atoms with Crippen LogP contribution in [0.25, 0.3) is 16.7 Å². The molecule has 4 nitrogen and oxygen atoms in total. The molecule has 0 unspecified atom stereocenters. The van der Waals surface area contributed by atoms with Crippen molar-refractivity contribution in [3.63, 3.8) is 0 Å². The third-order valence-corrected chi connectivity index (χ3v) is 4.24. The largest absolute Gasteiger partial charge is 0.333 e. The van der Waals surface area contributed by atoms with Gasteiger partial charge in [0.1, 0.15) is 12.5 Å². The lowest BCUT2D eigenvalue weighted by molar-refractivity contribution is 0.0400. The number of benzene rings is 2. The van der Waals surface area contributed by atoms with E-state index in [1.54, 1.807) is 18.5 Å². The number of halogens is 2. The van der Waals surface area contributed by atoms with Crippen LogP contribution in [0.5, 0.6) is 0 Å². The van der Waals surface area contributed by atoms with E-state index in [2.05, 4.69) is 4.98 Å². The van der Waals surface area contributed by atoms with Gasteiger partial charge >= 0.3 is 0 Å². The maximum Gasteiger partial charge on any atom is 0.254 e. The number of nitrogens with zero attached hydrogens (tertiary/aromatic N) is 3. The molecule has 2 heterocycles. The summed E-state index contributed by atoms with van der Waals surface area (Å²) in [6.45, 7) is 0.349. The van der Waals surface area contributed by atoms with Crippen LogP contribution in [0.3, 0.4) is 0 Å². The minimum absolute atomic E-state index is 0.155. The maximum absolute atomic E-state index is 12.9. The van der Waals surface area contributed by atoms with E-state index in [0.29, 0.717) is 16.1 Å². The summed E-state index contributed by atoms with van der Waals surface area (Å²) in [5, 5.41) is 0.648. The van der Waals surface area contributed by atoms with Crippen molar-refractivity contribution >= 4 is 28.5 Å². The van der Waals surface area contributed by atoms with E-state index >= 15 is 0 Å². The standard InChI is InChI=1S/C17H13ClFN3O/c18-12-2-1-3-14(7-12)22-10-20-15-6-11(4-5-16(15)22)17(23)21-8-13(19)9-21/h1-7,10,13H,8-9H2. The van der Waals surface area contributed by atoms with Crippen LogP contribution >= 0.6 is 11.6 Å². The molecule has 1 saturated heterocycles. The van der Waals surface area contributed by atoms with Gasteiger partial charge in [-0.2, -0.15) is 0 Å². The van der Waals surface area contributed by atoms with E-state index in [1.165, 1.54) is 4.90 Å². The van der Waals surface area contributed by atoms with Crippen molar-refractivity contribution < 1.29 is 9.18 Å². The van der Waals surface area contributed by atoms with Gasteiger partial charge in [-0.05, 0) is 36.4 Å². The molecule has 23 heavy (non-hydrogen) atoms. The first-order chi connectivity index (χ1) is 11.1. The first-order valence-electron chi connectivity index (χ1n) is 7.28. The maximum atomic E-state index is 12.9. The Morgan fingerprint density at radius 1 is 1.22 bits per heavy atom. The minimum Gasteiger partial charge on any atom is -0.333 e. The van der Waals surface area contributed by atoms with Gasteiger partial charge in [0, 0.05) is 16.3 Å². The fourth-order valence-corrected chi connectivity index (χ4v) is 2.94. The molecule has 0 atom stereocenters. The highest BCUT2D eigenvalue weighted by molar-refractivity contribution is 6.30. The molecule has 6 heteroatoms. The van der Waals surface area contributed by atoms with Crippen LogP contribution in [0.1, 0.15) is 10.4 Å². The molecule has 0 N–H and O–H groups in total. The summed E-state index contributed by atoms with van der Waals surface area (Å²) in [6.07, 6.45) is 0.802. The number of hydrogen-bond acceptors (Lipinski definition) is 2. The number of carbonyl (C=O) groups excluding carboxylic acids is 1. The Hall–Kier alpha value is -2.40. The molecule has 116 valence electrons. The fraction of sp³-hybridized carbons (Fsp3) is 0.176. The Morgan fingerprint density at radius 2 is 2.04 bits per heavy atom. The second-order valence-electron chi connectivity index (χ2n) is 5.61. The van der Waals surface area contributed by atoms with E-state index in [0.717, 1.165) is 11.2 Å². The molecule has 2 aromatic carbocycles. The number of likely N-dealkylation sites (tertiary alicyclic amines) is 1. The van der Waals surface area contributed by atoms with Gasteiger partial charge in [-0.1, -0.05) is 17.7 Å². The van der Waals surface area contributed by atoms with Crippen LogP contribution in [0.4, 0.5) is 4.39 Å². The normalized spacial score (nSPS) is 15.0. The van der Waals surface area contributed by atoms with Gasteiger partial charge in [-0.25, -0.2) is 9.37 Å². The average molecular weight is 330 g/mol. The summed E-state index contributed by atoms with van der Waals surface area (Å²) >= 11 is 6.03. The molecule has 1 aliphatic heterocycles. The molecule has 1 fully saturated rings. The van der Waals surface area contributed by atoms with Crippen LogP contribution in [0, 0.1) is 0 Å². The second-order valence-corrected chi connectivity index (χ2v) is 6.04. The van der Waals surface area contributed by atoms with Crippen LogP contribution in [-0.4, -0.2) is 39.6 Å². The summed E-state index contributed by atoms with van der Waals surface area (Å²) in [5.74, 6) is -0.155. The Morgan fingerprint density at radius 3 is 2.78 bits per heavy atom. The Bertz CT molecular complexity index is 902. The molecule has 3 aromatic rings. The fourth-order valence-electron chi connectivity index (χ4n) is 2.75. The first-order valence-corrected chi connectivity index (χ1v) is 7.66. The number of rotatable bonds is 2. The van der Waals surface area contributed by atoms with E-state index in [1.807, 2.05) is 34.9 Å². The number of aromatic nitrogens is 2. The lowest BCUT2D eigenvalue weighted by Crippen LogP contribution is -2.51. The number of alkyl halides is 1. The predicted molar refractivity (Wildman–Crippen MR) is 86.9 cm³/mol. The number of hydrogen-bond donors (Lipinski definition) is 0.